The molecule has 0 aliphatic heterocycles. The minimum Gasteiger partial charge on any atom is -0.329 e. The molecule has 0 fully saturated rings. The fraction of sp³-hybridized carbons (Fsp3) is 0.333. The van der Waals surface area contributed by atoms with E-state index in [1.54, 1.807) is 18.0 Å². The molecule has 4 heteroatoms. The van der Waals surface area contributed by atoms with Crippen LogP contribution in [-0.2, 0) is 6.54 Å². The molecule has 0 spiro atoms. The maximum Gasteiger partial charge on any atom is 0.208 e. The van der Waals surface area contributed by atoms with Gasteiger partial charge in [-0.1, -0.05) is 24.6 Å². The van der Waals surface area contributed by atoms with Crippen LogP contribution in [0.3, 0.4) is 0 Å². The lowest BCUT2D eigenvalue weighted by atomic mass is 10.2. The summed E-state index contributed by atoms with van der Waals surface area (Å²) in [6, 6.07) is 8.22. The van der Waals surface area contributed by atoms with Crippen LogP contribution in [0.2, 0.25) is 0 Å². The topological polar surface area (TPSA) is 34.9 Å². The van der Waals surface area contributed by atoms with E-state index in [0.717, 1.165) is 17.9 Å². The average Bonchev–Trinajstić information content (AvgIpc) is 2.86. The Morgan fingerprint density at radius 2 is 2.05 bits per heavy atom. The Bertz CT molecular complexity index is 546. The first-order valence-corrected chi connectivity index (χ1v) is 7.43. The van der Waals surface area contributed by atoms with Crippen LogP contribution in [-0.4, -0.2) is 21.1 Å². The van der Waals surface area contributed by atoms with Crippen molar-refractivity contribution in [3.63, 3.8) is 0 Å². The normalized spacial score (nSPS) is 10.6. The quantitative estimate of drug-likeness (QED) is 0.596. The summed E-state index contributed by atoms with van der Waals surface area (Å²) in [6.45, 7) is 4.99. The molecular weight excluding hydrogens is 256 g/mol. The molecule has 2 rings (SSSR count). The molecule has 0 aliphatic carbocycles. The smallest absolute Gasteiger partial charge is 0.208 e. The van der Waals surface area contributed by atoms with E-state index in [1.165, 1.54) is 5.56 Å². The number of rotatable bonds is 6. The van der Waals surface area contributed by atoms with E-state index in [4.69, 9.17) is 0 Å². The molecule has 0 N–H and O–H groups in total. The lowest BCUT2D eigenvalue weighted by molar-refractivity contribution is 0.100. The van der Waals surface area contributed by atoms with Crippen molar-refractivity contribution in [3.8, 4) is 0 Å². The summed E-state index contributed by atoms with van der Waals surface area (Å²) >= 11 is 1.56. The second-order valence-corrected chi connectivity index (χ2v) is 5.52. The van der Waals surface area contributed by atoms with E-state index >= 15 is 0 Å². The number of hydrogen-bond acceptors (Lipinski definition) is 3. The van der Waals surface area contributed by atoms with E-state index in [1.807, 2.05) is 22.9 Å². The summed E-state index contributed by atoms with van der Waals surface area (Å²) in [5.74, 6) is 1.09. The zero-order valence-corrected chi connectivity index (χ0v) is 12.1. The van der Waals surface area contributed by atoms with Gasteiger partial charge in [-0.25, -0.2) is 4.98 Å². The Morgan fingerprint density at radius 3 is 2.74 bits per heavy atom. The second-order valence-electron chi connectivity index (χ2n) is 4.47. The molecule has 0 unspecified atom stereocenters. The number of thioether (sulfide) groups is 1. The van der Waals surface area contributed by atoms with Gasteiger partial charge in [-0.15, -0.1) is 11.8 Å². The number of benzene rings is 1. The Hall–Kier alpha value is -1.55. The minimum atomic E-state index is 0.0871. The van der Waals surface area contributed by atoms with E-state index in [-0.39, 0.29) is 5.78 Å². The maximum atomic E-state index is 12.1. The monoisotopic (exact) mass is 274 g/mol. The van der Waals surface area contributed by atoms with Gasteiger partial charge in [0.25, 0.3) is 0 Å². The van der Waals surface area contributed by atoms with Gasteiger partial charge in [0.1, 0.15) is 0 Å². The van der Waals surface area contributed by atoms with Crippen LogP contribution >= 0.6 is 11.8 Å². The highest BCUT2D eigenvalue weighted by atomic mass is 32.2. The van der Waals surface area contributed by atoms with Gasteiger partial charge < -0.3 is 4.57 Å². The molecule has 0 amide bonds. The number of imidazole rings is 1. The molecule has 1 aromatic heterocycles. The Labute approximate surface area is 118 Å². The van der Waals surface area contributed by atoms with Crippen molar-refractivity contribution in [2.45, 2.75) is 31.7 Å². The van der Waals surface area contributed by atoms with Gasteiger partial charge in [-0.05, 0) is 25.5 Å². The molecule has 19 heavy (non-hydrogen) atoms. The third-order valence-electron chi connectivity index (χ3n) is 2.82. The van der Waals surface area contributed by atoms with Crippen LogP contribution in [0.5, 0.6) is 0 Å². The fourth-order valence-electron chi connectivity index (χ4n) is 1.83. The molecule has 0 saturated heterocycles. The Morgan fingerprint density at radius 1 is 1.32 bits per heavy atom. The number of ketones is 1. The largest absolute Gasteiger partial charge is 0.329 e. The molecule has 0 bridgehead atoms. The summed E-state index contributed by atoms with van der Waals surface area (Å²) in [4.78, 5) is 17.4. The highest BCUT2D eigenvalue weighted by Crippen LogP contribution is 2.19. The van der Waals surface area contributed by atoms with Crippen LogP contribution in [0.4, 0.5) is 0 Å². The molecule has 1 aromatic carbocycles. The number of aromatic nitrogens is 2. The summed E-state index contributed by atoms with van der Waals surface area (Å²) < 4.78 is 1.93. The molecule has 0 saturated carbocycles. The number of carbonyl (C=O) groups excluding carboxylic acids is 1. The SMILES string of the molecule is CCCn1ccnc1C(=O)CSc1ccc(C)cc1. The predicted molar refractivity (Wildman–Crippen MR) is 78.8 cm³/mol. The van der Waals surface area contributed by atoms with Crippen molar-refractivity contribution in [2.75, 3.05) is 5.75 Å². The van der Waals surface area contributed by atoms with Gasteiger partial charge in [-0.3, -0.25) is 4.79 Å². The van der Waals surface area contributed by atoms with Crippen molar-refractivity contribution in [3.05, 3.63) is 48.0 Å². The van der Waals surface area contributed by atoms with Gasteiger partial charge in [0.2, 0.25) is 5.78 Å². The zero-order valence-electron chi connectivity index (χ0n) is 11.3. The van der Waals surface area contributed by atoms with Gasteiger partial charge in [0.15, 0.2) is 5.82 Å². The minimum absolute atomic E-state index is 0.0871. The van der Waals surface area contributed by atoms with Crippen LogP contribution in [0.15, 0.2) is 41.6 Å². The fourth-order valence-corrected chi connectivity index (χ4v) is 2.59. The molecule has 3 nitrogen and oxygen atoms in total. The van der Waals surface area contributed by atoms with Crippen LogP contribution in [0, 0.1) is 6.92 Å². The number of aryl methyl sites for hydroxylation is 2. The maximum absolute atomic E-state index is 12.1. The van der Waals surface area contributed by atoms with E-state index in [0.29, 0.717) is 11.6 Å². The molecule has 0 atom stereocenters. The van der Waals surface area contributed by atoms with Gasteiger partial charge in [-0.2, -0.15) is 0 Å². The predicted octanol–water partition coefficient (Wildman–Crippen LogP) is 3.58. The van der Waals surface area contributed by atoms with Crippen LogP contribution in [0.25, 0.3) is 0 Å². The van der Waals surface area contributed by atoms with Crippen molar-refractivity contribution in [1.82, 2.24) is 9.55 Å². The Balaban J connectivity index is 1.97. The van der Waals surface area contributed by atoms with Crippen molar-refractivity contribution < 1.29 is 4.79 Å². The molecule has 0 radical (unpaired) electrons. The molecule has 1 heterocycles. The molecule has 2 aromatic rings. The summed E-state index contributed by atoms with van der Waals surface area (Å²) in [5, 5.41) is 0. The van der Waals surface area contributed by atoms with E-state index in [2.05, 4.69) is 31.0 Å². The summed E-state index contributed by atoms with van der Waals surface area (Å²) in [7, 11) is 0. The van der Waals surface area contributed by atoms with Crippen molar-refractivity contribution >= 4 is 17.5 Å². The second kappa shape index (κ2) is 6.57. The van der Waals surface area contributed by atoms with Gasteiger partial charge >= 0.3 is 0 Å². The van der Waals surface area contributed by atoms with Crippen molar-refractivity contribution in [1.29, 1.82) is 0 Å². The number of Topliss-reactive ketones (excluding diaryl/α,β-unsaturated/α-hetero) is 1. The van der Waals surface area contributed by atoms with Gasteiger partial charge in [0.05, 0.1) is 5.75 Å². The highest BCUT2D eigenvalue weighted by Gasteiger charge is 2.12. The Kier molecular flexibility index (Phi) is 4.80. The van der Waals surface area contributed by atoms with Crippen LogP contribution in [0.1, 0.15) is 29.5 Å². The first-order valence-electron chi connectivity index (χ1n) is 6.44. The number of carbonyl (C=O) groups is 1. The summed E-state index contributed by atoms with van der Waals surface area (Å²) in [6.07, 6.45) is 4.56. The standard InChI is InChI=1S/C15H18N2OS/c1-3-9-17-10-8-16-15(17)14(18)11-19-13-6-4-12(2)5-7-13/h4-8,10H,3,9,11H2,1-2H3. The summed E-state index contributed by atoms with van der Waals surface area (Å²) in [5.41, 5.74) is 1.23. The first-order chi connectivity index (χ1) is 9.20. The average molecular weight is 274 g/mol. The van der Waals surface area contributed by atoms with E-state index in [9.17, 15) is 4.79 Å². The molecular formula is C15H18N2OS. The van der Waals surface area contributed by atoms with E-state index < -0.39 is 0 Å². The lowest BCUT2D eigenvalue weighted by Gasteiger charge is -2.05. The van der Waals surface area contributed by atoms with Crippen LogP contribution < -0.4 is 0 Å². The lowest BCUT2D eigenvalue weighted by Crippen LogP contribution is -2.12. The molecule has 0 aliphatic rings. The number of nitrogens with zero attached hydrogens (tertiary/aromatic N) is 2. The molecule has 100 valence electrons. The number of hydrogen-bond donors (Lipinski definition) is 0. The first kappa shape index (κ1) is 13.9. The third kappa shape index (κ3) is 3.70. The van der Waals surface area contributed by atoms with Crippen molar-refractivity contribution in [2.24, 2.45) is 0 Å². The third-order valence-corrected chi connectivity index (χ3v) is 3.83. The highest BCUT2D eigenvalue weighted by molar-refractivity contribution is 8.00. The zero-order chi connectivity index (χ0) is 13.7. The van der Waals surface area contributed by atoms with Gasteiger partial charge in [0, 0.05) is 23.8 Å².